The summed E-state index contributed by atoms with van der Waals surface area (Å²) < 4.78 is 17.8. The van der Waals surface area contributed by atoms with Crippen molar-refractivity contribution >= 4 is 11.6 Å². The van der Waals surface area contributed by atoms with Crippen molar-refractivity contribution in [3.8, 4) is 11.5 Å². The number of piperazine rings is 1. The van der Waals surface area contributed by atoms with Crippen molar-refractivity contribution in [3.05, 3.63) is 77.7 Å². The molecule has 1 amide bonds. The third-order valence-electron chi connectivity index (χ3n) is 6.35. The number of carbonyl (C=O) groups excluding carboxylic acids is 1. The Morgan fingerprint density at radius 3 is 2.66 bits per heavy atom. The number of furan rings is 1. The third kappa shape index (κ3) is 6.15. The van der Waals surface area contributed by atoms with Crippen molar-refractivity contribution in [1.29, 1.82) is 0 Å². The molecule has 0 saturated carbocycles. The molecule has 0 radical (unpaired) electrons. The minimum Gasteiger partial charge on any atom is -0.486 e. The van der Waals surface area contributed by atoms with E-state index in [1.54, 1.807) is 6.07 Å². The molecule has 35 heavy (non-hydrogen) atoms. The van der Waals surface area contributed by atoms with Crippen LogP contribution in [0.2, 0.25) is 0 Å². The maximum absolute atomic E-state index is 12.6. The van der Waals surface area contributed by atoms with Crippen LogP contribution >= 0.6 is 0 Å². The average molecular weight is 477 g/mol. The molecule has 2 aromatic carbocycles. The molecule has 2 N–H and O–H groups in total. The second-order valence-electron chi connectivity index (χ2n) is 9.11. The molecule has 1 saturated heterocycles. The van der Waals surface area contributed by atoms with Gasteiger partial charge in [-0.2, -0.15) is 0 Å². The van der Waals surface area contributed by atoms with Crippen LogP contribution in [0.1, 0.15) is 21.9 Å². The topological polar surface area (TPSA) is 79.2 Å². The van der Waals surface area contributed by atoms with Crippen LogP contribution < -0.4 is 20.1 Å². The predicted octanol–water partition coefficient (Wildman–Crippen LogP) is 3.21. The van der Waals surface area contributed by atoms with E-state index >= 15 is 0 Å². The standard InChI is InChI=1S/C27H32N4O4/c1-30-11-13-31(14-12-30)18-22-8-10-25(34-22)27(32)29-17-23-19-33-24-9-7-21(15-26(24)35-23)28-16-20-5-3-2-4-6-20/h2-10,15,23,28H,11-14,16-19H2,1H3,(H,29,32). The summed E-state index contributed by atoms with van der Waals surface area (Å²) in [7, 11) is 2.13. The van der Waals surface area contributed by atoms with E-state index in [1.165, 1.54) is 5.56 Å². The normalized spacial score (nSPS) is 18.3. The zero-order valence-electron chi connectivity index (χ0n) is 20.0. The van der Waals surface area contributed by atoms with Gasteiger partial charge in [0.05, 0.1) is 13.1 Å². The summed E-state index contributed by atoms with van der Waals surface area (Å²) in [5.41, 5.74) is 2.15. The fraction of sp³-hybridized carbons (Fsp3) is 0.370. The highest BCUT2D eigenvalue weighted by Crippen LogP contribution is 2.34. The Bertz CT molecular complexity index is 1130. The number of nitrogens with zero attached hydrogens (tertiary/aromatic N) is 2. The van der Waals surface area contributed by atoms with Crippen LogP contribution in [-0.2, 0) is 13.1 Å². The summed E-state index contributed by atoms with van der Waals surface area (Å²) in [6.45, 7) is 6.24. The lowest BCUT2D eigenvalue weighted by Gasteiger charge is -2.31. The van der Waals surface area contributed by atoms with Gasteiger partial charge in [0.15, 0.2) is 17.3 Å². The smallest absolute Gasteiger partial charge is 0.287 e. The zero-order chi connectivity index (χ0) is 24.0. The lowest BCUT2D eigenvalue weighted by Crippen LogP contribution is -2.43. The highest BCUT2D eigenvalue weighted by atomic mass is 16.6. The highest BCUT2D eigenvalue weighted by Gasteiger charge is 2.23. The van der Waals surface area contributed by atoms with Gasteiger partial charge in [-0.25, -0.2) is 0 Å². The maximum Gasteiger partial charge on any atom is 0.287 e. The monoisotopic (exact) mass is 476 g/mol. The molecule has 0 aliphatic carbocycles. The quantitative estimate of drug-likeness (QED) is 0.517. The van der Waals surface area contributed by atoms with E-state index in [4.69, 9.17) is 13.9 Å². The molecule has 8 nitrogen and oxygen atoms in total. The number of carbonyl (C=O) groups is 1. The number of rotatable bonds is 8. The van der Waals surface area contributed by atoms with Crippen LogP contribution in [0, 0.1) is 0 Å². The van der Waals surface area contributed by atoms with E-state index in [0.29, 0.717) is 30.4 Å². The van der Waals surface area contributed by atoms with E-state index in [1.807, 2.05) is 42.5 Å². The van der Waals surface area contributed by atoms with Gasteiger partial charge in [0.25, 0.3) is 5.91 Å². The Labute approximate surface area is 205 Å². The molecular weight excluding hydrogens is 444 g/mol. The number of hydrogen-bond donors (Lipinski definition) is 2. The molecule has 8 heteroatoms. The van der Waals surface area contributed by atoms with Crippen LogP contribution in [-0.4, -0.2) is 68.2 Å². The predicted molar refractivity (Wildman–Crippen MR) is 134 cm³/mol. The van der Waals surface area contributed by atoms with Crippen molar-refractivity contribution in [3.63, 3.8) is 0 Å². The first-order valence-electron chi connectivity index (χ1n) is 12.1. The van der Waals surface area contributed by atoms with Crippen molar-refractivity contribution in [2.24, 2.45) is 0 Å². The van der Waals surface area contributed by atoms with Gasteiger partial charge in [-0.05, 0) is 36.9 Å². The van der Waals surface area contributed by atoms with Crippen molar-refractivity contribution < 1.29 is 18.7 Å². The van der Waals surface area contributed by atoms with Gasteiger partial charge in [0.1, 0.15) is 18.5 Å². The van der Waals surface area contributed by atoms with Gasteiger partial charge in [0.2, 0.25) is 0 Å². The Morgan fingerprint density at radius 2 is 1.83 bits per heavy atom. The summed E-state index contributed by atoms with van der Waals surface area (Å²) in [6, 6.07) is 19.7. The number of fused-ring (bicyclic) bond motifs is 1. The van der Waals surface area contributed by atoms with E-state index < -0.39 is 0 Å². The molecule has 1 atom stereocenters. The number of hydrogen-bond acceptors (Lipinski definition) is 7. The van der Waals surface area contributed by atoms with E-state index in [0.717, 1.165) is 50.7 Å². The highest BCUT2D eigenvalue weighted by molar-refractivity contribution is 5.91. The van der Waals surface area contributed by atoms with Crippen LogP contribution in [0.15, 0.2) is 65.1 Å². The van der Waals surface area contributed by atoms with Crippen LogP contribution in [0.25, 0.3) is 0 Å². The maximum atomic E-state index is 12.6. The van der Waals surface area contributed by atoms with Gasteiger partial charge in [0, 0.05) is 44.5 Å². The Kier molecular flexibility index (Phi) is 7.20. The number of anilines is 1. The second-order valence-corrected chi connectivity index (χ2v) is 9.11. The molecule has 3 aromatic rings. The Hall–Kier alpha value is -3.49. The zero-order valence-corrected chi connectivity index (χ0v) is 20.0. The fourth-order valence-electron chi connectivity index (χ4n) is 4.23. The first-order valence-corrected chi connectivity index (χ1v) is 12.1. The van der Waals surface area contributed by atoms with Crippen molar-refractivity contribution in [1.82, 2.24) is 15.1 Å². The van der Waals surface area contributed by atoms with Crippen LogP contribution in [0.5, 0.6) is 11.5 Å². The van der Waals surface area contributed by atoms with Gasteiger partial charge >= 0.3 is 0 Å². The van der Waals surface area contributed by atoms with Gasteiger partial charge in [-0.15, -0.1) is 0 Å². The summed E-state index contributed by atoms with van der Waals surface area (Å²) in [5, 5.41) is 6.32. The lowest BCUT2D eigenvalue weighted by atomic mass is 10.2. The van der Waals surface area contributed by atoms with Gasteiger partial charge < -0.3 is 29.4 Å². The number of amides is 1. The first kappa shape index (κ1) is 23.3. The lowest BCUT2D eigenvalue weighted by molar-refractivity contribution is 0.0770. The number of ether oxygens (including phenoxy) is 2. The molecule has 5 rings (SSSR count). The minimum absolute atomic E-state index is 0.248. The van der Waals surface area contributed by atoms with Crippen molar-refractivity contribution in [2.45, 2.75) is 19.2 Å². The number of benzene rings is 2. The summed E-state index contributed by atoms with van der Waals surface area (Å²) in [4.78, 5) is 17.3. The minimum atomic E-state index is -0.282. The fourth-order valence-corrected chi connectivity index (χ4v) is 4.23. The largest absolute Gasteiger partial charge is 0.486 e. The molecule has 2 aliphatic heterocycles. The molecule has 0 spiro atoms. The average Bonchev–Trinajstić information content (AvgIpc) is 3.36. The molecule has 1 unspecified atom stereocenters. The summed E-state index contributed by atoms with van der Waals surface area (Å²) >= 11 is 0. The molecule has 1 aromatic heterocycles. The van der Waals surface area contributed by atoms with Gasteiger partial charge in [-0.1, -0.05) is 30.3 Å². The summed E-state index contributed by atoms with van der Waals surface area (Å²) in [5.74, 6) is 2.25. The van der Waals surface area contributed by atoms with E-state index in [2.05, 4.69) is 39.6 Å². The van der Waals surface area contributed by atoms with Crippen LogP contribution in [0.4, 0.5) is 5.69 Å². The molecule has 2 aliphatic rings. The first-order chi connectivity index (χ1) is 17.1. The SMILES string of the molecule is CN1CCN(Cc2ccc(C(=O)NCC3COc4ccc(NCc5ccccc5)cc4O3)o2)CC1. The van der Waals surface area contributed by atoms with Crippen molar-refractivity contribution in [2.75, 3.05) is 51.7 Å². The van der Waals surface area contributed by atoms with E-state index in [9.17, 15) is 4.79 Å². The number of nitrogens with one attached hydrogen (secondary N) is 2. The third-order valence-corrected chi connectivity index (χ3v) is 6.35. The van der Waals surface area contributed by atoms with Crippen LogP contribution in [0.3, 0.4) is 0 Å². The van der Waals surface area contributed by atoms with Gasteiger partial charge in [-0.3, -0.25) is 9.69 Å². The summed E-state index contributed by atoms with van der Waals surface area (Å²) in [6.07, 6.45) is -0.282. The Balaban J connectivity index is 1.10. The molecule has 3 heterocycles. The number of likely N-dealkylation sites (N-methyl/N-ethyl adjacent to an activating group) is 1. The Morgan fingerprint density at radius 1 is 1.00 bits per heavy atom. The second kappa shape index (κ2) is 10.8. The molecule has 184 valence electrons. The molecule has 0 bridgehead atoms. The van der Waals surface area contributed by atoms with E-state index in [-0.39, 0.29) is 12.0 Å². The molecular formula is C27H32N4O4. The molecule has 1 fully saturated rings.